The summed E-state index contributed by atoms with van der Waals surface area (Å²) in [5.74, 6) is 0. The molecule has 1 saturated heterocycles. The van der Waals surface area contributed by atoms with Crippen molar-refractivity contribution in [2.24, 2.45) is 0 Å². The lowest BCUT2D eigenvalue weighted by molar-refractivity contribution is -0.385. The van der Waals surface area contributed by atoms with Crippen LogP contribution in [0.4, 0.5) is 20.2 Å². The van der Waals surface area contributed by atoms with Gasteiger partial charge in [0.25, 0.3) is 12.1 Å². The molecule has 2 atom stereocenters. The summed E-state index contributed by atoms with van der Waals surface area (Å²) in [6, 6.07) is 3.76. The molecule has 2 rings (SSSR count). The molecular weight excluding hydrogens is 268 g/mol. The lowest BCUT2D eigenvalue weighted by Gasteiger charge is -2.32. The number of piperidine rings is 1. The molecule has 20 heavy (non-hydrogen) atoms. The molecule has 0 amide bonds. The third-order valence-electron chi connectivity index (χ3n) is 3.58. The van der Waals surface area contributed by atoms with Crippen molar-refractivity contribution < 1.29 is 13.7 Å². The van der Waals surface area contributed by atoms with Crippen molar-refractivity contribution in [2.75, 3.05) is 11.9 Å². The van der Waals surface area contributed by atoms with Gasteiger partial charge >= 0.3 is 0 Å². The first-order valence-electron chi connectivity index (χ1n) is 6.55. The van der Waals surface area contributed by atoms with Gasteiger partial charge in [0.1, 0.15) is 0 Å². The van der Waals surface area contributed by atoms with E-state index in [1.54, 1.807) is 0 Å². The number of non-ortho nitro benzene ring substituents is 1. The van der Waals surface area contributed by atoms with Crippen LogP contribution in [0.25, 0.3) is 0 Å². The Morgan fingerprint density at radius 2 is 2.25 bits per heavy atom. The zero-order chi connectivity index (χ0) is 14.7. The standard InChI is InChI=1S/C13H17F2N3O2/c1-8-11(3-2-6-16-8)17-12-5-4-9(18(19)20)7-10(12)13(14)15/h4-5,7-8,11,13,16-17H,2-3,6H2,1H3. The normalized spacial score (nSPS) is 22.8. The van der Waals surface area contributed by atoms with Gasteiger partial charge < -0.3 is 10.6 Å². The number of nitrogens with zero attached hydrogens (tertiary/aromatic N) is 1. The number of alkyl halides is 2. The third kappa shape index (κ3) is 3.22. The maximum absolute atomic E-state index is 13.0. The fourth-order valence-corrected chi connectivity index (χ4v) is 2.42. The molecule has 0 saturated carbocycles. The Morgan fingerprint density at radius 1 is 1.50 bits per heavy atom. The molecule has 0 bridgehead atoms. The summed E-state index contributed by atoms with van der Waals surface area (Å²) in [5, 5.41) is 17.0. The van der Waals surface area contributed by atoms with E-state index in [-0.39, 0.29) is 29.0 Å². The van der Waals surface area contributed by atoms with Crippen LogP contribution in [0.2, 0.25) is 0 Å². The highest BCUT2D eigenvalue weighted by molar-refractivity contribution is 5.57. The number of anilines is 1. The Kier molecular flexibility index (Phi) is 4.49. The molecule has 1 aliphatic rings. The molecule has 2 N–H and O–H groups in total. The van der Waals surface area contributed by atoms with Crippen molar-refractivity contribution in [3.8, 4) is 0 Å². The Hall–Kier alpha value is -1.76. The molecule has 1 heterocycles. The van der Waals surface area contributed by atoms with E-state index in [1.165, 1.54) is 12.1 Å². The minimum Gasteiger partial charge on any atom is -0.380 e. The maximum Gasteiger partial charge on any atom is 0.270 e. The van der Waals surface area contributed by atoms with Gasteiger partial charge in [0.15, 0.2) is 0 Å². The minimum absolute atomic E-state index is 0.0442. The molecule has 7 heteroatoms. The number of nitro groups is 1. The lowest BCUT2D eigenvalue weighted by Crippen LogP contribution is -2.46. The van der Waals surface area contributed by atoms with Gasteiger partial charge in [0.05, 0.1) is 4.92 Å². The van der Waals surface area contributed by atoms with E-state index < -0.39 is 11.3 Å². The SMILES string of the molecule is CC1NCCCC1Nc1ccc([N+](=O)[O-])cc1C(F)F. The summed E-state index contributed by atoms with van der Waals surface area (Å²) in [5.41, 5.74) is -0.371. The van der Waals surface area contributed by atoms with Crippen LogP contribution in [0.3, 0.4) is 0 Å². The van der Waals surface area contributed by atoms with Crippen LogP contribution in [-0.4, -0.2) is 23.6 Å². The molecular formula is C13H17F2N3O2. The van der Waals surface area contributed by atoms with Gasteiger partial charge in [-0.3, -0.25) is 10.1 Å². The average molecular weight is 285 g/mol. The molecule has 0 aliphatic carbocycles. The van der Waals surface area contributed by atoms with Gasteiger partial charge in [-0.15, -0.1) is 0 Å². The summed E-state index contributed by atoms with van der Waals surface area (Å²) >= 11 is 0. The Balaban J connectivity index is 2.24. The summed E-state index contributed by atoms with van der Waals surface area (Å²) in [7, 11) is 0. The topological polar surface area (TPSA) is 67.2 Å². The van der Waals surface area contributed by atoms with Crippen LogP contribution in [0.5, 0.6) is 0 Å². The number of hydrogen-bond donors (Lipinski definition) is 2. The second-order valence-corrected chi connectivity index (χ2v) is 4.97. The fourth-order valence-electron chi connectivity index (χ4n) is 2.42. The number of nitrogens with one attached hydrogen (secondary N) is 2. The molecule has 0 radical (unpaired) electrons. The van der Waals surface area contributed by atoms with Crippen LogP contribution in [-0.2, 0) is 0 Å². The van der Waals surface area contributed by atoms with Gasteiger partial charge in [-0.05, 0) is 32.4 Å². The van der Waals surface area contributed by atoms with E-state index in [1.807, 2.05) is 6.92 Å². The number of rotatable bonds is 4. The van der Waals surface area contributed by atoms with Gasteiger partial charge in [-0.1, -0.05) is 0 Å². The Labute approximate surface area is 115 Å². The van der Waals surface area contributed by atoms with Crippen LogP contribution in [0, 0.1) is 10.1 Å². The number of benzene rings is 1. The first-order valence-corrected chi connectivity index (χ1v) is 6.55. The van der Waals surface area contributed by atoms with Crippen molar-refractivity contribution >= 4 is 11.4 Å². The second-order valence-electron chi connectivity index (χ2n) is 4.97. The number of hydrogen-bond acceptors (Lipinski definition) is 4. The predicted molar refractivity (Wildman–Crippen MR) is 72.2 cm³/mol. The lowest BCUT2D eigenvalue weighted by atomic mass is 9.99. The first-order chi connectivity index (χ1) is 9.49. The van der Waals surface area contributed by atoms with Gasteiger partial charge in [-0.25, -0.2) is 8.78 Å². The minimum atomic E-state index is -2.75. The molecule has 1 aromatic rings. The molecule has 5 nitrogen and oxygen atoms in total. The molecule has 2 unspecified atom stereocenters. The molecule has 110 valence electrons. The zero-order valence-electron chi connectivity index (χ0n) is 11.1. The monoisotopic (exact) mass is 285 g/mol. The smallest absolute Gasteiger partial charge is 0.270 e. The van der Waals surface area contributed by atoms with E-state index >= 15 is 0 Å². The van der Waals surface area contributed by atoms with Crippen LogP contribution in [0.1, 0.15) is 31.8 Å². The summed E-state index contributed by atoms with van der Waals surface area (Å²) < 4.78 is 26.1. The maximum atomic E-state index is 13.0. The molecule has 0 aromatic heterocycles. The van der Waals surface area contributed by atoms with Crippen LogP contribution >= 0.6 is 0 Å². The highest BCUT2D eigenvalue weighted by Gasteiger charge is 2.24. The molecule has 1 fully saturated rings. The van der Waals surface area contributed by atoms with E-state index in [0.29, 0.717) is 0 Å². The number of halogens is 2. The van der Waals surface area contributed by atoms with Gasteiger partial charge in [0, 0.05) is 35.5 Å². The highest BCUT2D eigenvalue weighted by atomic mass is 19.3. The third-order valence-corrected chi connectivity index (χ3v) is 3.58. The predicted octanol–water partition coefficient (Wildman–Crippen LogP) is 3.08. The molecule has 0 spiro atoms. The first kappa shape index (κ1) is 14.6. The summed E-state index contributed by atoms with van der Waals surface area (Å²) in [6.45, 7) is 2.91. The van der Waals surface area contributed by atoms with E-state index in [2.05, 4.69) is 10.6 Å². The zero-order valence-corrected chi connectivity index (χ0v) is 11.1. The average Bonchev–Trinajstić information content (AvgIpc) is 2.41. The number of nitro benzene ring substituents is 1. The second kappa shape index (κ2) is 6.13. The van der Waals surface area contributed by atoms with Gasteiger partial charge in [-0.2, -0.15) is 0 Å². The van der Waals surface area contributed by atoms with Crippen molar-refractivity contribution in [3.05, 3.63) is 33.9 Å². The fraction of sp³-hybridized carbons (Fsp3) is 0.538. The van der Waals surface area contributed by atoms with Crippen LogP contribution in [0.15, 0.2) is 18.2 Å². The van der Waals surface area contributed by atoms with Crippen LogP contribution < -0.4 is 10.6 Å². The highest BCUT2D eigenvalue weighted by Crippen LogP contribution is 2.31. The van der Waals surface area contributed by atoms with Crippen molar-refractivity contribution in [1.29, 1.82) is 0 Å². The molecule has 1 aromatic carbocycles. The largest absolute Gasteiger partial charge is 0.380 e. The van der Waals surface area contributed by atoms with E-state index in [9.17, 15) is 18.9 Å². The Morgan fingerprint density at radius 3 is 2.85 bits per heavy atom. The summed E-state index contributed by atoms with van der Waals surface area (Å²) in [6.07, 6.45) is -0.892. The Bertz CT molecular complexity index is 497. The van der Waals surface area contributed by atoms with Crippen molar-refractivity contribution in [2.45, 2.75) is 38.3 Å². The molecule has 1 aliphatic heterocycles. The summed E-state index contributed by atoms with van der Waals surface area (Å²) in [4.78, 5) is 9.99. The van der Waals surface area contributed by atoms with E-state index in [4.69, 9.17) is 0 Å². The quantitative estimate of drug-likeness (QED) is 0.659. The van der Waals surface area contributed by atoms with Crippen molar-refractivity contribution in [3.63, 3.8) is 0 Å². The van der Waals surface area contributed by atoms with E-state index in [0.717, 1.165) is 25.5 Å². The van der Waals surface area contributed by atoms with Gasteiger partial charge in [0.2, 0.25) is 0 Å². The van der Waals surface area contributed by atoms with Crippen molar-refractivity contribution in [1.82, 2.24) is 5.32 Å².